The number of hydrogen-bond donors (Lipinski definition) is 1. The molecule has 0 saturated carbocycles. The third-order valence-electron chi connectivity index (χ3n) is 1.14. The predicted molar refractivity (Wildman–Crippen MR) is 42.0 cm³/mol. The van der Waals surface area contributed by atoms with Crippen LogP contribution < -0.4 is 5.32 Å². The molecule has 3 heteroatoms. The highest BCUT2D eigenvalue weighted by Crippen LogP contribution is 2.12. The molecule has 1 rings (SSSR count). The molecule has 0 aliphatic heterocycles. The Kier molecular flexibility index (Phi) is 2.45. The molecule has 0 spiro atoms. The monoisotopic (exact) mass is 155 g/mol. The molecule has 1 heterocycles. The summed E-state index contributed by atoms with van der Waals surface area (Å²) in [5, 5.41) is 4.68. The van der Waals surface area contributed by atoms with Gasteiger partial charge < -0.3 is 5.32 Å². The van der Waals surface area contributed by atoms with Crippen molar-refractivity contribution in [2.24, 2.45) is 0 Å². The molecule has 0 atom stereocenters. The first-order chi connectivity index (χ1) is 4.83. The number of hydrogen-bond acceptors (Lipinski definition) is 2. The van der Waals surface area contributed by atoms with Crippen LogP contribution in [-0.2, 0) is 11.3 Å². The lowest BCUT2D eigenvalue weighted by Gasteiger charge is -1.90. The van der Waals surface area contributed by atoms with E-state index in [1.165, 1.54) is 10.4 Å². The number of carbonyl (C=O) groups is 1. The van der Waals surface area contributed by atoms with Crippen molar-refractivity contribution in [1.29, 1.82) is 0 Å². The molecule has 0 aliphatic rings. The first-order valence-corrected chi connectivity index (χ1v) is 3.92. The molecule has 1 N–H and O–H groups in total. The summed E-state index contributed by atoms with van der Waals surface area (Å²) < 4.78 is 0. The van der Waals surface area contributed by atoms with E-state index < -0.39 is 0 Å². The van der Waals surface area contributed by atoms with E-state index in [0.29, 0.717) is 6.54 Å². The highest BCUT2D eigenvalue weighted by Gasteiger charge is 1.93. The van der Waals surface area contributed by atoms with Crippen molar-refractivity contribution in [2.75, 3.05) is 0 Å². The van der Waals surface area contributed by atoms with Crippen LogP contribution in [0.25, 0.3) is 0 Å². The van der Waals surface area contributed by atoms with Gasteiger partial charge in [-0.05, 0) is 23.9 Å². The van der Waals surface area contributed by atoms with Gasteiger partial charge in [-0.15, -0.1) is 11.3 Å². The van der Waals surface area contributed by atoms with Gasteiger partial charge in [0.2, 0.25) is 6.41 Å². The zero-order chi connectivity index (χ0) is 7.40. The molecule has 0 bridgehead atoms. The van der Waals surface area contributed by atoms with E-state index in [4.69, 9.17) is 0 Å². The minimum Gasteiger partial charge on any atom is -0.354 e. The highest BCUT2D eigenvalue weighted by atomic mass is 32.1. The molecule has 0 aromatic carbocycles. The summed E-state index contributed by atoms with van der Waals surface area (Å²) in [6.45, 7) is 2.70. The van der Waals surface area contributed by atoms with Crippen LogP contribution in [0.2, 0.25) is 0 Å². The number of rotatable bonds is 3. The minimum atomic E-state index is 0.655. The van der Waals surface area contributed by atoms with E-state index in [1.54, 1.807) is 11.3 Å². The fourth-order valence-electron chi connectivity index (χ4n) is 0.726. The van der Waals surface area contributed by atoms with E-state index in [1.807, 2.05) is 6.92 Å². The van der Waals surface area contributed by atoms with Crippen molar-refractivity contribution in [3.05, 3.63) is 21.9 Å². The maximum atomic E-state index is 9.88. The third-order valence-corrected chi connectivity index (χ3v) is 2.20. The Morgan fingerprint density at radius 2 is 2.60 bits per heavy atom. The molecule has 0 saturated heterocycles. The smallest absolute Gasteiger partial charge is 0.207 e. The highest BCUT2D eigenvalue weighted by molar-refractivity contribution is 7.10. The van der Waals surface area contributed by atoms with Gasteiger partial charge in [-0.1, -0.05) is 0 Å². The lowest BCUT2D eigenvalue weighted by Crippen LogP contribution is -2.07. The Balaban J connectivity index is 2.49. The molecule has 0 radical (unpaired) electrons. The molecule has 0 unspecified atom stereocenters. The Labute approximate surface area is 63.9 Å². The van der Waals surface area contributed by atoms with E-state index in [9.17, 15) is 4.79 Å². The first-order valence-electron chi connectivity index (χ1n) is 3.04. The van der Waals surface area contributed by atoms with Gasteiger partial charge in [0, 0.05) is 4.88 Å². The molecule has 1 aromatic rings. The molecule has 1 aromatic heterocycles. The molecular formula is C7H9NOS. The summed E-state index contributed by atoms with van der Waals surface area (Å²) in [5.41, 5.74) is 1.26. The summed E-state index contributed by atoms with van der Waals surface area (Å²) in [6, 6.07) is 2.07. The van der Waals surface area contributed by atoms with Crippen molar-refractivity contribution < 1.29 is 4.79 Å². The second-order valence-electron chi connectivity index (χ2n) is 2.09. The molecule has 1 amide bonds. The van der Waals surface area contributed by atoms with Crippen LogP contribution in [0.1, 0.15) is 10.4 Å². The number of carbonyl (C=O) groups excluding carboxylic acids is 1. The number of aryl methyl sites for hydroxylation is 1. The fraction of sp³-hybridized carbons (Fsp3) is 0.286. The lowest BCUT2D eigenvalue weighted by atomic mass is 10.3. The van der Waals surface area contributed by atoms with Crippen LogP contribution in [0.3, 0.4) is 0 Å². The van der Waals surface area contributed by atoms with E-state index in [0.717, 1.165) is 6.41 Å². The number of amides is 1. The van der Waals surface area contributed by atoms with Crippen molar-refractivity contribution >= 4 is 17.7 Å². The normalized spacial score (nSPS) is 9.30. The van der Waals surface area contributed by atoms with Gasteiger partial charge in [-0.25, -0.2) is 0 Å². The predicted octanol–water partition coefficient (Wildman–Crippen LogP) is 1.30. The maximum Gasteiger partial charge on any atom is 0.207 e. The van der Waals surface area contributed by atoms with Crippen LogP contribution in [0, 0.1) is 6.92 Å². The standard InChI is InChI=1S/C7H9NOS/c1-6-2-7(10-4-6)3-8-5-9/h2,4-5H,3H2,1H3,(H,8,9). The zero-order valence-corrected chi connectivity index (χ0v) is 6.57. The summed E-state index contributed by atoms with van der Waals surface area (Å²) in [7, 11) is 0. The lowest BCUT2D eigenvalue weighted by molar-refractivity contribution is -0.109. The van der Waals surface area contributed by atoms with Crippen LogP contribution in [0.4, 0.5) is 0 Å². The second kappa shape index (κ2) is 3.37. The molecule has 54 valence electrons. The van der Waals surface area contributed by atoms with Crippen LogP contribution in [-0.4, -0.2) is 6.41 Å². The van der Waals surface area contributed by atoms with E-state index >= 15 is 0 Å². The average molecular weight is 155 g/mol. The minimum absolute atomic E-state index is 0.655. The topological polar surface area (TPSA) is 29.1 Å². The maximum absolute atomic E-state index is 9.88. The number of thiophene rings is 1. The van der Waals surface area contributed by atoms with Crippen LogP contribution in [0.15, 0.2) is 11.4 Å². The molecule has 0 fully saturated rings. The second-order valence-corrected chi connectivity index (χ2v) is 3.08. The van der Waals surface area contributed by atoms with E-state index in [2.05, 4.69) is 16.8 Å². The zero-order valence-electron chi connectivity index (χ0n) is 5.76. The van der Waals surface area contributed by atoms with Crippen LogP contribution in [0.5, 0.6) is 0 Å². The van der Waals surface area contributed by atoms with Crippen molar-refractivity contribution in [2.45, 2.75) is 13.5 Å². The van der Waals surface area contributed by atoms with Gasteiger partial charge in [0.25, 0.3) is 0 Å². The van der Waals surface area contributed by atoms with Crippen molar-refractivity contribution in [1.82, 2.24) is 5.32 Å². The Bertz CT molecular complexity index is 219. The first kappa shape index (κ1) is 7.28. The summed E-state index contributed by atoms with van der Waals surface area (Å²) in [6.07, 6.45) is 0.717. The largest absolute Gasteiger partial charge is 0.354 e. The summed E-state index contributed by atoms with van der Waals surface area (Å²) >= 11 is 1.67. The quantitative estimate of drug-likeness (QED) is 0.655. The van der Waals surface area contributed by atoms with Gasteiger partial charge in [0.15, 0.2) is 0 Å². The SMILES string of the molecule is Cc1csc(CNC=O)c1. The Morgan fingerprint density at radius 3 is 3.10 bits per heavy atom. The van der Waals surface area contributed by atoms with Crippen LogP contribution >= 0.6 is 11.3 Å². The molecular weight excluding hydrogens is 146 g/mol. The summed E-state index contributed by atoms with van der Waals surface area (Å²) in [4.78, 5) is 11.1. The molecule has 10 heavy (non-hydrogen) atoms. The van der Waals surface area contributed by atoms with Crippen molar-refractivity contribution in [3.63, 3.8) is 0 Å². The van der Waals surface area contributed by atoms with Crippen molar-refractivity contribution in [3.8, 4) is 0 Å². The van der Waals surface area contributed by atoms with E-state index in [-0.39, 0.29) is 0 Å². The number of nitrogens with one attached hydrogen (secondary N) is 1. The Hall–Kier alpha value is -0.830. The molecule has 2 nitrogen and oxygen atoms in total. The van der Waals surface area contributed by atoms with Gasteiger partial charge in [0.1, 0.15) is 0 Å². The fourth-order valence-corrected chi connectivity index (χ4v) is 1.55. The third kappa shape index (κ3) is 1.84. The Morgan fingerprint density at radius 1 is 1.80 bits per heavy atom. The van der Waals surface area contributed by atoms with Gasteiger partial charge >= 0.3 is 0 Å². The average Bonchev–Trinajstić information content (AvgIpc) is 2.31. The van der Waals surface area contributed by atoms with Gasteiger partial charge in [-0.2, -0.15) is 0 Å². The summed E-state index contributed by atoms with van der Waals surface area (Å²) in [5.74, 6) is 0. The molecule has 0 aliphatic carbocycles. The van der Waals surface area contributed by atoms with Gasteiger partial charge in [0.05, 0.1) is 6.54 Å². The van der Waals surface area contributed by atoms with Gasteiger partial charge in [-0.3, -0.25) is 4.79 Å².